The summed E-state index contributed by atoms with van der Waals surface area (Å²) in [6, 6.07) is 2.27. The van der Waals surface area contributed by atoms with Gasteiger partial charge in [-0.3, -0.25) is 0 Å². The smallest absolute Gasteiger partial charge is 0.0559 e. The number of hydrogen-bond acceptors (Lipinski definition) is 3. The quantitative estimate of drug-likeness (QED) is 0.816. The molecule has 2 nitrogen and oxygen atoms in total. The maximum absolute atomic E-state index is 5.82. The van der Waals surface area contributed by atoms with E-state index in [9.17, 15) is 0 Å². The van der Waals surface area contributed by atoms with Crippen LogP contribution in [0.2, 0.25) is 5.02 Å². The number of hydrogen-bond donors (Lipinski definition) is 1. The summed E-state index contributed by atoms with van der Waals surface area (Å²) >= 11 is 7.47. The summed E-state index contributed by atoms with van der Waals surface area (Å²) < 4.78 is 0. The summed E-state index contributed by atoms with van der Waals surface area (Å²) in [7, 11) is 4.04. The second kappa shape index (κ2) is 4.23. The molecule has 0 unspecified atom stereocenters. The van der Waals surface area contributed by atoms with Gasteiger partial charge in [0.2, 0.25) is 0 Å². The van der Waals surface area contributed by atoms with Crippen molar-refractivity contribution in [3.05, 3.63) is 21.3 Å². The molecule has 0 aliphatic heterocycles. The summed E-state index contributed by atoms with van der Waals surface area (Å²) in [6.07, 6.45) is 0. The maximum Gasteiger partial charge on any atom is 0.0559 e. The molecule has 0 saturated heterocycles. The first-order chi connectivity index (χ1) is 5.65. The summed E-state index contributed by atoms with van der Waals surface area (Å²) in [5, 5.41) is 2.73. The van der Waals surface area contributed by atoms with Crippen LogP contribution in [0, 0.1) is 0 Å². The molecule has 0 radical (unpaired) electrons. The zero-order chi connectivity index (χ0) is 9.14. The van der Waals surface area contributed by atoms with Gasteiger partial charge in [-0.15, -0.1) is 11.3 Å². The van der Waals surface area contributed by atoms with Crippen molar-refractivity contribution in [1.29, 1.82) is 0 Å². The third-order valence-electron chi connectivity index (χ3n) is 1.76. The van der Waals surface area contributed by atoms with Gasteiger partial charge in [-0.2, -0.15) is 0 Å². The highest BCUT2D eigenvalue weighted by molar-refractivity contribution is 7.10. The van der Waals surface area contributed by atoms with E-state index in [1.807, 2.05) is 25.5 Å². The number of nitrogens with two attached hydrogens (primary N) is 1. The molecule has 0 aliphatic carbocycles. The second-order valence-corrected chi connectivity index (χ2v) is 4.26. The molecule has 68 valence electrons. The molecule has 0 saturated carbocycles. The van der Waals surface area contributed by atoms with Gasteiger partial charge in [-0.05, 0) is 20.2 Å². The van der Waals surface area contributed by atoms with Crippen molar-refractivity contribution in [2.75, 3.05) is 20.6 Å². The average Bonchev–Trinajstić information content (AvgIpc) is 2.37. The molecule has 4 heteroatoms. The highest BCUT2D eigenvalue weighted by Gasteiger charge is 2.13. The normalized spacial score (nSPS) is 13.8. The lowest BCUT2D eigenvalue weighted by atomic mass is 10.2. The van der Waals surface area contributed by atoms with Gasteiger partial charge in [0.05, 0.1) is 11.1 Å². The lowest BCUT2D eigenvalue weighted by Crippen LogP contribution is -2.26. The molecule has 1 aromatic heterocycles. The SMILES string of the molecule is CN(C)[C@@H](CN)c1cc(Cl)cs1. The molecular formula is C8H13ClN2S. The van der Waals surface area contributed by atoms with Crippen LogP contribution in [-0.4, -0.2) is 25.5 Å². The van der Waals surface area contributed by atoms with Crippen LogP contribution in [0.25, 0.3) is 0 Å². The second-order valence-electron chi connectivity index (χ2n) is 2.88. The van der Waals surface area contributed by atoms with Crippen LogP contribution >= 0.6 is 22.9 Å². The van der Waals surface area contributed by atoms with Crippen molar-refractivity contribution >= 4 is 22.9 Å². The summed E-state index contributed by atoms with van der Waals surface area (Å²) in [6.45, 7) is 0.629. The Morgan fingerprint density at radius 3 is 2.67 bits per heavy atom. The molecule has 0 aliphatic rings. The molecule has 0 aromatic carbocycles. The Bertz CT molecular complexity index is 247. The van der Waals surface area contributed by atoms with Gasteiger partial charge >= 0.3 is 0 Å². The van der Waals surface area contributed by atoms with E-state index in [1.54, 1.807) is 11.3 Å². The van der Waals surface area contributed by atoms with Crippen molar-refractivity contribution in [1.82, 2.24) is 4.90 Å². The Labute approximate surface area is 81.9 Å². The van der Waals surface area contributed by atoms with E-state index >= 15 is 0 Å². The maximum atomic E-state index is 5.82. The minimum atomic E-state index is 0.294. The standard InChI is InChI=1S/C8H13ClN2S/c1-11(2)7(4-10)8-3-6(9)5-12-8/h3,5,7H,4,10H2,1-2H3/t7-/m0/s1. The topological polar surface area (TPSA) is 29.3 Å². The summed E-state index contributed by atoms with van der Waals surface area (Å²) in [5.74, 6) is 0. The lowest BCUT2D eigenvalue weighted by Gasteiger charge is -2.20. The number of halogens is 1. The highest BCUT2D eigenvalue weighted by atomic mass is 35.5. The van der Waals surface area contributed by atoms with Crippen molar-refractivity contribution in [2.24, 2.45) is 5.73 Å². The minimum absolute atomic E-state index is 0.294. The Balaban J connectivity index is 2.80. The first-order valence-corrected chi connectivity index (χ1v) is 5.01. The van der Waals surface area contributed by atoms with Crippen LogP contribution in [0.1, 0.15) is 10.9 Å². The van der Waals surface area contributed by atoms with E-state index < -0.39 is 0 Å². The van der Waals surface area contributed by atoms with Crippen molar-refractivity contribution in [3.8, 4) is 0 Å². The Morgan fingerprint density at radius 2 is 2.33 bits per heavy atom. The van der Waals surface area contributed by atoms with Crippen LogP contribution < -0.4 is 5.73 Å². The van der Waals surface area contributed by atoms with Crippen LogP contribution in [-0.2, 0) is 0 Å². The van der Waals surface area contributed by atoms with Gasteiger partial charge in [0.25, 0.3) is 0 Å². The summed E-state index contributed by atoms with van der Waals surface area (Å²) in [4.78, 5) is 3.33. The molecular weight excluding hydrogens is 192 g/mol. The molecule has 0 fully saturated rings. The largest absolute Gasteiger partial charge is 0.329 e. The third-order valence-corrected chi connectivity index (χ3v) is 3.14. The van der Waals surface area contributed by atoms with Gasteiger partial charge in [-0.25, -0.2) is 0 Å². The highest BCUT2D eigenvalue weighted by Crippen LogP contribution is 2.26. The van der Waals surface area contributed by atoms with E-state index in [4.69, 9.17) is 17.3 Å². The van der Waals surface area contributed by atoms with Gasteiger partial charge in [-0.1, -0.05) is 11.6 Å². The predicted molar refractivity (Wildman–Crippen MR) is 54.8 cm³/mol. The Kier molecular flexibility index (Phi) is 3.53. The molecule has 0 amide bonds. The first kappa shape index (κ1) is 9.99. The molecule has 0 spiro atoms. The molecule has 12 heavy (non-hydrogen) atoms. The van der Waals surface area contributed by atoms with Crippen LogP contribution in [0.5, 0.6) is 0 Å². The van der Waals surface area contributed by atoms with E-state index in [1.165, 1.54) is 4.88 Å². The Morgan fingerprint density at radius 1 is 1.67 bits per heavy atom. The fraction of sp³-hybridized carbons (Fsp3) is 0.500. The molecule has 2 N–H and O–H groups in total. The van der Waals surface area contributed by atoms with Gasteiger partial charge in [0, 0.05) is 16.8 Å². The zero-order valence-electron chi connectivity index (χ0n) is 7.25. The predicted octanol–water partition coefficient (Wildman–Crippen LogP) is 1.96. The fourth-order valence-electron chi connectivity index (χ4n) is 1.08. The monoisotopic (exact) mass is 204 g/mol. The molecule has 1 rings (SSSR count). The van der Waals surface area contributed by atoms with Crippen molar-refractivity contribution < 1.29 is 0 Å². The van der Waals surface area contributed by atoms with E-state index in [2.05, 4.69) is 4.90 Å². The van der Waals surface area contributed by atoms with E-state index in [0.717, 1.165) is 5.02 Å². The molecule has 1 heterocycles. The van der Waals surface area contributed by atoms with Gasteiger partial charge in [0.15, 0.2) is 0 Å². The number of thiophene rings is 1. The van der Waals surface area contributed by atoms with Crippen molar-refractivity contribution in [2.45, 2.75) is 6.04 Å². The zero-order valence-corrected chi connectivity index (χ0v) is 8.82. The van der Waals surface area contributed by atoms with Crippen molar-refractivity contribution in [3.63, 3.8) is 0 Å². The summed E-state index contributed by atoms with van der Waals surface area (Å²) in [5.41, 5.74) is 5.64. The van der Waals surface area contributed by atoms with Gasteiger partial charge in [0.1, 0.15) is 0 Å². The lowest BCUT2D eigenvalue weighted by molar-refractivity contribution is 0.310. The van der Waals surface area contributed by atoms with Gasteiger partial charge < -0.3 is 10.6 Å². The molecule has 1 atom stereocenters. The van der Waals surface area contributed by atoms with E-state index in [0.29, 0.717) is 12.6 Å². The first-order valence-electron chi connectivity index (χ1n) is 3.75. The number of rotatable bonds is 3. The number of likely N-dealkylation sites (N-methyl/N-ethyl adjacent to an activating group) is 1. The van der Waals surface area contributed by atoms with Crippen LogP contribution in [0.4, 0.5) is 0 Å². The van der Waals surface area contributed by atoms with E-state index in [-0.39, 0.29) is 0 Å². The average molecular weight is 205 g/mol. The van der Waals surface area contributed by atoms with Crippen LogP contribution in [0.15, 0.2) is 11.4 Å². The Hall–Kier alpha value is -0.0900. The molecule has 1 aromatic rings. The van der Waals surface area contributed by atoms with Crippen LogP contribution in [0.3, 0.4) is 0 Å². The molecule has 0 bridgehead atoms. The third kappa shape index (κ3) is 2.20. The number of nitrogens with zero attached hydrogens (tertiary/aromatic N) is 1. The minimum Gasteiger partial charge on any atom is -0.329 e. The fourth-order valence-corrected chi connectivity index (χ4v) is 2.38.